The first-order valence-electron chi connectivity index (χ1n) is 8.76. The fraction of sp³-hybridized carbons (Fsp3) is 0.381. The summed E-state index contributed by atoms with van der Waals surface area (Å²) in [5.74, 6) is 0.908. The highest BCUT2D eigenvalue weighted by atomic mass is 35.5. The van der Waals surface area contributed by atoms with E-state index < -0.39 is 0 Å². The molecule has 3 rings (SSSR count). The maximum absolute atomic E-state index is 12.2. The predicted molar refractivity (Wildman–Crippen MR) is 99.8 cm³/mol. The van der Waals surface area contributed by atoms with Crippen molar-refractivity contribution in [3.05, 3.63) is 70.2 Å². The molecule has 1 fully saturated rings. The van der Waals surface area contributed by atoms with Crippen LogP contribution in [0.4, 0.5) is 0 Å². The summed E-state index contributed by atoms with van der Waals surface area (Å²) in [5.41, 5.74) is 3.66. The zero-order valence-corrected chi connectivity index (χ0v) is 14.7. The number of piperidine rings is 1. The highest BCUT2D eigenvalue weighted by molar-refractivity contribution is 6.30. The Balaban J connectivity index is 1.49. The molecule has 1 aliphatic rings. The molecular formula is C21H24ClNO. The minimum absolute atomic E-state index is 0.289. The molecule has 1 unspecified atom stereocenters. The van der Waals surface area contributed by atoms with Crippen LogP contribution in [0.25, 0.3) is 0 Å². The van der Waals surface area contributed by atoms with E-state index in [1.165, 1.54) is 18.4 Å². The number of halogens is 1. The van der Waals surface area contributed by atoms with E-state index in [4.69, 9.17) is 11.6 Å². The molecule has 0 saturated carbocycles. The molecule has 0 amide bonds. The molecule has 2 aromatic rings. The van der Waals surface area contributed by atoms with Gasteiger partial charge in [-0.3, -0.25) is 4.79 Å². The van der Waals surface area contributed by atoms with Crippen molar-refractivity contribution in [2.24, 2.45) is 0 Å². The number of rotatable bonds is 6. The van der Waals surface area contributed by atoms with E-state index in [2.05, 4.69) is 29.6 Å². The van der Waals surface area contributed by atoms with Crippen LogP contribution < -0.4 is 5.32 Å². The van der Waals surface area contributed by atoms with Gasteiger partial charge in [-0.1, -0.05) is 48.0 Å². The fourth-order valence-electron chi connectivity index (χ4n) is 3.29. The Labute approximate surface area is 149 Å². The monoisotopic (exact) mass is 341 g/mol. The molecule has 24 heavy (non-hydrogen) atoms. The zero-order valence-electron chi connectivity index (χ0n) is 13.9. The van der Waals surface area contributed by atoms with Gasteiger partial charge in [-0.05, 0) is 60.5 Å². The predicted octanol–water partition coefficient (Wildman–Crippen LogP) is 4.55. The van der Waals surface area contributed by atoms with Crippen molar-refractivity contribution in [2.75, 3.05) is 13.1 Å². The first kappa shape index (κ1) is 17.2. The van der Waals surface area contributed by atoms with Gasteiger partial charge >= 0.3 is 0 Å². The highest BCUT2D eigenvalue weighted by Gasteiger charge is 2.15. The molecule has 0 aromatic heterocycles. The van der Waals surface area contributed by atoms with Crippen LogP contribution in [0.1, 0.15) is 41.9 Å². The Kier molecular flexibility index (Phi) is 6.06. The second-order valence-electron chi connectivity index (χ2n) is 6.63. The number of carbonyl (C=O) groups excluding carboxylic acids is 1. The molecule has 0 bridgehead atoms. The second-order valence-corrected chi connectivity index (χ2v) is 7.06. The van der Waals surface area contributed by atoms with Crippen molar-refractivity contribution in [2.45, 2.75) is 38.0 Å². The number of Topliss-reactive ketones (excluding diaryl/α,β-unsaturated/α-hetero) is 1. The van der Waals surface area contributed by atoms with Gasteiger partial charge in [0.15, 0.2) is 0 Å². The van der Waals surface area contributed by atoms with Crippen LogP contribution in [-0.2, 0) is 17.6 Å². The van der Waals surface area contributed by atoms with Crippen LogP contribution in [-0.4, -0.2) is 18.9 Å². The molecule has 3 heteroatoms. The third-order valence-electron chi connectivity index (χ3n) is 4.76. The van der Waals surface area contributed by atoms with Gasteiger partial charge in [-0.15, -0.1) is 0 Å². The van der Waals surface area contributed by atoms with E-state index in [1.807, 2.05) is 24.3 Å². The third kappa shape index (κ3) is 4.93. The minimum atomic E-state index is 0.289. The van der Waals surface area contributed by atoms with E-state index in [-0.39, 0.29) is 5.78 Å². The van der Waals surface area contributed by atoms with Gasteiger partial charge in [0.2, 0.25) is 0 Å². The summed E-state index contributed by atoms with van der Waals surface area (Å²) in [5, 5.41) is 4.19. The standard InChI is InChI=1S/C21H24ClNO/c22-20-10-5-16(6-11-20)7-12-21(24)14-17-3-8-18(9-4-17)19-2-1-13-23-15-19/h3-6,8-11,19,23H,1-2,7,12-15H2. The molecule has 0 spiro atoms. The Morgan fingerprint density at radius 3 is 2.42 bits per heavy atom. The molecule has 1 heterocycles. The smallest absolute Gasteiger partial charge is 0.137 e. The quantitative estimate of drug-likeness (QED) is 0.835. The third-order valence-corrected chi connectivity index (χ3v) is 5.01. The number of hydrogen-bond acceptors (Lipinski definition) is 2. The lowest BCUT2D eigenvalue weighted by molar-refractivity contribution is -0.118. The van der Waals surface area contributed by atoms with Crippen LogP contribution in [0.3, 0.4) is 0 Å². The van der Waals surface area contributed by atoms with E-state index in [0.717, 1.165) is 35.7 Å². The number of nitrogens with one attached hydrogen (secondary N) is 1. The van der Waals surface area contributed by atoms with Gasteiger partial charge < -0.3 is 5.32 Å². The molecule has 2 nitrogen and oxygen atoms in total. The number of benzene rings is 2. The topological polar surface area (TPSA) is 29.1 Å². The largest absolute Gasteiger partial charge is 0.316 e. The lowest BCUT2D eigenvalue weighted by Crippen LogP contribution is -2.28. The molecular weight excluding hydrogens is 318 g/mol. The van der Waals surface area contributed by atoms with Crippen LogP contribution in [0.5, 0.6) is 0 Å². The minimum Gasteiger partial charge on any atom is -0.316 e. The van der Waals surface area contributed by atoms with Gasteiger partial charge in [-0.25, -0.2) is 0 Å². The van der Waals surface area contributed by atoms with E-state index in [9.17, 15) is 4.79 Å². The number of aryl methyl sites for hydroxylation is 1. The van der Waals surface area contributed by atoms with Crippen molar-refractivity contribution in [3.63, 3.8) is 0 Å². The summed E-state index contributed by atoms with van der Waals surface area (Å²) in [6.45, 7) is 2.20. The number of hydrogen-bond donors (Lipinski definition) is 1. The van der Waals surface area contributed by atoms with Crippen LogP contribution in [0, 0.1) is 0 Å². The van der Waals surface area contributed by atoms with Crippen molar-refractivity contribution in [3.8, 4) is 0 Å². The Morgan fingerprint density at radius 2 is 1.75 bits per heavy atom. The van der Waals surface area contributed by atoms with Crippen molar-refractivity contribution >= 4 is 17.4 Å². The van der Waals surface area contributed by atoms with Crippen LogP contribution in [0.15, 0.2) is 48.5 Å². The molecule has 1 atom stereocenters. The molecule has 126 valence electrons. The van der Waals surface area contributed by atoms with Crippen molar-refractivity contribution < 1.29 is 4.79 Å². The molecule has 1 saturated heterocycles. The van der Waals surface area contributed by atoms with Crippen molar-refractivity contribution in [1.82, 2.24) is 5.32 Å². The Morgan fingerprint density at radius 1 is 1.04 bits per heavy atom. The summed E-state index contributed by atoms with van der Waals surface area (Å²) >= 11 is 5.88. The summed E-state index contributed by atoms with van der Waals surface area (Å²) in [4.78, 5) is 12.2. The Bertz CT molecular complexity index is 657. The molecule has 0 radical (unpaired) electrons. The second kappa shape index (κ2) is 8.46. The lowest BCUT2D eigenvalue weighted by Gasteiger charge is -2.23. The summed E-state index contributed by atoms with van der Waals surface area (Å²) < 4.78 is 0. The first-order chi connectivity index (χ1) is 11.7. The van der Waals surface area contributed by atoms with Gasteiger partial charge in [0, 0.05) is 24.4 Å². The molecule has 0 aliphatic carbocycles. The molecule has 1 aliphatic heterocycles. The summed E-state index contributed by atoms with van der Waals surface area (Å²) in [6.07, 6.45) is 4.39. The van der Waals surface area contributed by atoms with E-state index in [1.54, 1.807) is 0 Å². The average molecular weight is 342 g/mol. The zero-order chi connectivity index (χ0) is 16.8. The molecule has 1 N–H and O–H groups in total. The summed E-state index contributed by atoms with van der Waals surface area (Å²) in [6, 6.07) is 16.3. The molecule has 2 aromatic carbocycles. The maximum atomic E-state index is 12.2. The van der Waals surface area contributed by atoms with Gasteiger partial charge in [0.05, 0.1) is 0 Å². The van der Waals surface area contributed by atoms with Crippen molar-refractivity contribution in [1.29, 1.82) is 0 Å². The van der Waals surface area contributed by atoms with E-state index >= 15 is 0 Å². The average Bonchev–Trinajstić information content (AvgIpc) is 2.63. The fourth-order valence-corrected chi connectivity index (χ4v) is 3.42. The number of carbonyl (C=O) groups is 1. The first-order valence-corrected chi connectivity index (χ1v) is 9.14. The van der Waals surface area contributed by atoms with Gasteiger partial charge in [-0.2, -0.15) is 0 Å². The van der Waals surface area contributed by atoms with Gasteiger partial charge in [0.1, 0.15) is 5.78 Å². The number of ketones is 1. The lowest BCUT2D eigenvalue weighted by atomic mass is 9.90. The normalized spacial score (nSPS) is 17.6. The maximum Gasteiger partial charge on any atom is 0.137 e. The van der Waals surface area contributed by atoms with Crippen LogP contribution in [0.2, 0.25) is 5.02 Å². The van der Waals surface area contributed by atoms with Gasteiger partial charge in [0.25, 0.3) is 0 Å². The van der Waals surface area contributed by atoms with E-state index in [0.29, 0.717) is 18.8 Å². The van der Waals surface area contributed by atoms with Crippen LogP contribution >= 0.6 is 11.6 Å². The SMILES string of the molecule is O=C(CCc1ccc(Cl)cc1)Cc1ccc(C2CCCNC2)cc1. The summed E-state index contributed by atoms with van der Waals surface area (Å²) in [7, 11) is 0. The highest BCUT2D eigenvalue weighted by Crippen LogP contribution is 2.23. The Hall–Kier alpha value is -1.64.